The SMILES string of the molecule is CCN(CC)CCCN1CCC(C#N)CC1. The molecule has 92 valence electrons. The number of likely N-dealkylation sites (tertiary alicyclic amines) is 1. The van der Waals surface area contributed by atoms with Gasteiger partial charge in [-0.1, -0.05) is 13.8 Å². The summed E-state index contributed by atoms with van der Waals surface area (Å²) in [6, 6.07) is 2.38. The van der Waals surface area contributed by atoms with E-state index in [-0.39, 0.29) is 0 Å². The minimum Gasteiger partial charge on any atom is -0.304 e. The molecule has 0 aromatic carbocycles. The maximum atomic E-state index is 8.81. The molecule has 0 amide bonds. The average Bonchev–Trinajstić information content (AvgIpc) is 2.35. The zero-order valence-electron chi connectivity index (χ0n) is 10.8. The standard InChI is InChI=1S/C13H25N3/c1-3-15(4-2)8-5-9-16-10-6-13(12-14)7-11-16/h13H,3-11H2,1-2H3. The van der Waals surface area contributed by atoms with E-state index in [1.165, 1.54) is 19.5 Å². The van der Waals surface area contributed by atoms with Crippen LogP contribution in [0.4, 0.5) is 0 Å². The minimum atomic E-state index is 0.319. The summed E-state index contributed by atoms with van der Waals surface area (Å²) in [5.41, 5.74) is 0. The fraction of sp³-hybridized carbons (Fsp3) is 0.923. The Morgan fingerprint density at radius 1 is 1.25 bits per heavy atom. The van der Waals surface area contributed by atoms with Crippen molar-refractivity contribution in [3.63, 3.8) is 0 Å². The van der Waals surface area contributed by atoms with Gasteiger partial charge in [-0.2, -0.15) is 5.26 Å². The molecule has 1 aliphatic heterocycles. The van der Waals surface area contributed by atoms with Crippen molar-refractivity contribution in [3.8, 4) is 6.07 Å². The van der Waals surface area contributed by atoms with Crippen LogP contribution in [0.2, 0.25) is 0 Å². The Labute approximate surface area is 100 Å². The number of hydrogen-bond acceptors (Lipinski definition) is 3. The molecule has 0 aromatic heterocycles. The maximum Gasteiger partial charge on any atom is 0.0656 e. The van der Waals surface area contributed by atoms with Gasteiger partial charge in [-0.25, -0.2) is 0 Å². The summed E-state index contributed by atoms with van der Waals surface area (Å²) in [4.78, 5) is 4.99. The molecular weight excluding hydrogens is 198 g/mol. The van der Waals surface area contributed by atoms with Gasteiger partial charge in [0.1, 0.15) is 0 Å². The van der Waals surface area contributed by atoms with Gasteiger partial charge in [-0.15, -0.1) is 0 Å². The zero-order chi connectivity index (χ0) is 11.8. The molecule has 0 aliphatic carbocycles. The smallest absolute Gasteiger partial charge is 0.0656 e. The van der Waals surface area contributed by atoms with Crippen LogP contribution in [0.3, 0.4) is 0 Å². The van der Waals surface area contributed by atoms with Crippen LogP contribution >= 0.6 is 0 Å². The monoisotopic (exact) mass is 223 g/mol. The first-order valence-electron chi connectivity index (χ1n) is 6.64. The van der Waals surface area contributed by atoms with E-state index in [4.69, 9.17) is 5.26 Å². The normalized spacial score (nSPS) is 18.9. The molecule has 16 heavy (non-hydrogen) atoms. The fourth-order valence-corrected chi connectivity index (χ4v) is 2.34. The topological polar surface area (TPSA) is 30.3 Å². The first-order valence-corrected chi connectivity index (χ1v) is 6.64. The van der Waals surface area contributed by atoms with Gasteiger partial charge in [0, 0.05) is 5.92 Å². The van der Waals surface area contributed by atoms with Gasteiger partial charge < -0.3 is 9.80 Å². The second-order valence-electron chi connectivity index (χ2n) is 4.63. The van der Waals surface area contributed by atoms with Gasteiger partial charge >= 0.3 is 0 Å². The summed E-state index contributed by atoms with van der Waals surface area (Å²) >= 11 is 0. The van der Waals surface area contributed by atoms with Gasteiger partial charge in [0.05, 0.1) is 6.07 Å². The highest BCUT2D eigenvalue weighted by molar-refractivity contribution is 4.87. The Bertz CT molecular complexity index is 210. The van der Waals surface area contributed by atoms with Crippen molar-refractivity contribution in [1.29, 1.82) is 5.26 Å². The molecule has 0 aromatic rings. The first-order chi connectivity index (χ1) is 7.80. The highest BCUT2D eigenvalue weighted by Crippen LogP contribution is 2.15. The quantitative estimate of drug-likeness (QED) is 0.689. The molecule has 0 radical (unpaired) electrons. The molecule has 0 atom stereocenters. The van der Waals surface area contributed by atoms with E-state index in [1.54, 1.807) is 0 Å². The predicted molar refractivity (Wildman–Crippen MR) is 67.2 cm³/mol. The Morgan fingerprint density at radius 2 is 1.88 bits per heavy atom. The number of hydrogen-bond donors (Lipinski definition) is 0. The van der Waals surface area contributed by atoms with Gasteiger partial charge in [-0.3, -0.25) is 0 Å². The Balaban J connectivity index is 2.08. The van der Waals surface area contributed by atoms with Crippen LogP contribution in [-0.2, 0) is 0 Å². The van der Waals surface area contributed by atoms with Crippen LogP contribution < -0.4 is 0 Å². The number of rotatable bonds is 6. The largest absolute Gasteiger partial charge is 0.304 e. The van der Waals surface area contributed by atoms with Crippen LogP contribution in [0.25, 0.3) is 0 Å². The van der Waals surface area contributed by atoms with E-state index in [0.717, 1.165) is 39.0 Å². The average molecular weight is 223 g/mol. The molecule has 1 saturated heterocycles. The van der Waals surface area contributed by atoms with Crippen LogP contribution in [-0.4, -0.2) is 49.1 Å². The number of nitrogens with zero attached hydrogens (tertiary/aromatic N) is 3. The Kier molecular flexibility index (Phi) is 6.44. The number of piperidine rings is 1. The van der Waals surface area contributed by atoms with Crippen molar-refractivity contribution in [2.24, 2.45) is 5.92 Å². The van der Waals surface area contributed by atoms with Crippen molar-refractivity contribution in [3.05, 3.63) is 0 Å². The third kappa shape index (κ3) is 4.51. The van der Waals surface area contributed by atoms with Crippen LogP contribution in [0.15, 0.2) is 0 Å². The van der Waals surface area contributed by atoms with E-state index < -0.39 is 0 Å². The molecule has 1 rings (SSSR count). The van der Waals surface area contributed by atoms with E-state index in [1.807, 2.05) is 0 Å². The lowest BCUT2D eigenvalue weighted by Crippen LogP contribution is -2.35. The number of nitriles is 1. The Hall–Kier alpha value is -0.590. The fourth-order valence-electron chi connectivity index (χ4n) is 2.34. The van der Waals surface area contributed by atoms with Crippen molar-refractivity contribution < 1.29 is 0 Å². The summed E-state index contributed by atoms with van der Waals surface area (Å²) < 4.78 is 0. The molecule has 1 heterocycles. The molecule has 0 N–H and O–H groups in total. The van der Waals surface area contributed by atoms with E-state index in [0.29, 0.717) is 5.92 Å². The highest BCUT2D eigenvalue weighted by Gasteiger charge is 2.17. The molecule has 1 fully saturated rings. The van der Waals surface area contributed by atoms with Crippen molar-refractivity contribution in [1.82, 2.24) is 9.80 Å². The second kappa shape index (κ2) is 7.65. The maximum absolute atomic E-state index is 8.81. The van der Waals surface area contributed by atoms with Crippen LogP contribution in [0.5, 0.6) is 0 Å². The molecule has 0 saturated carbocycles. The summed E-state index contributed by atoms with van der Waals surface area (Å²) in [5.74, 6) is 0.319. The summed E-state index contributed by atoms with van der Waals surface area (Å²) in [6.07, 6.45) is 3.41. The van der Waals surface area contributed by atoms with E-state index >= 15 is 0 Å². The van der Waals surface area contributed by atoms with Gasteiger partial charge in [0.15, 0.2) is 0 Å². The zero-order valence-corrected chi connectivity index (χ0v) is 10.8. The van der Waals surface area contributed by atoms with Gasteiger partial charge in [0.2, 0.25) is 0 Å². The Morgan fingerprint density at radius 3 is 2.38 bits per heavy atom. The molecule has 0 bridgehead atoms. The van der Waals surface area contributed by atoms with Crippen molar-refractivity contribution >= 4 is 0 Å². The molecule has 0 unspecified atom stereocenters. The van der Waals surface area contributed by atoms with E-state index in [2.05, 4.69) is 29.7 Å². The molecular formula is C13H25N3. The molecule has 1 aliphatic rings. The summed E-state index contributed by atoms with van der Waals surface area (Å²) in [7, 11) is 0. The molecule has 0 spiro atoms. The minimum absolute atomic E-state index is 0.319. The van der Waals surface area contributed by atoms with E-state index in [9.17, 15) is 0 Å². The lowest BCUT2D eigenvalue weighted by atomic mass is 9.98. The lowest BCUT2D eigenvalue weighted by molar-refractivity contribution is 0.190. The first kappa shape index (κ1) is 13.5. The molecule has 3 heteroatoms. The second-order valence-corrected chi connectivity index (χ2v) is 4.63. The van der Waals surface area contributed by atoms with Crippen molar-refractivity contribution in [2.45, 2.75) is 33.1 Å². The third-order valence-corrected chi connectivity index (χ3v) is 3.61. The molecule has 3 nitrogen and oxygen atoms in total. The van der Waals surface area contributed by atoms with Crippen LogP contribution in [0, 0.1) is 17.2 Å². The van der Waals surface area contributed by atoms with Gasteiger partial charge in [-0.05, 0) is 58.5 Å². The van der Waals surface area contributed by atoms with Gasteiger partial charge in [0.25, 0.3) is 0 Å². The van der Waals surface area contributed by atoms with Crippen molar-refractivity contribution in [2.75, 3.05) is 39.3 Å². The van der Waals surface area contributed by atoms with Crippen LogP contribution in [0.1, 0.15) is 33.1 Å². The highest BCUT2D eigenvalue weighted by atomic mass is 15.1. The lowest BCUT2D eigenvalue weighted by Gasteiger charge is -2.29. The summed E-state index contributed by atoms with van der Waals surface area (Å²) in [6.45, 7) is 11.4. The summed E-state index contributed by atoms with van der Waals surface area (Å²) in [5, 5.41) is 8.81. The third-order valence-electron chi connectivity index (χ3n) is 3.61. The predicted octanol–water partition coefficient (Wildman–Crippen LogP) is 1.95.